The van der Waals surface area contributed by atoms with Crippen molar-refractivity contribution in [2.24, 2.45) is 5.92 Å². The third-order valence-corrected chi connectivity index (χ3v) is 4.18. The van der Waals surface area contributed by atoms with E-state index in [1.807, 2.05) is 13.8 Å². The Morgan fingerprint density at radius 3 is 2.32 bits per heavy atom. The van der Waals surface area contributed by atoms with Crippen molar-refractivity contribution in [2.75, 3.05) is 0 Å². The van der Waals surface area contributed by atoms with E-state index in [2.05, 4.69) is 5.32 Å². The molecule has 0 spiro atoms. The van der Waals surface area contributed by atoms with E-state index < -0.39 is 20.8 Å². The molecule has 1 aromatic rings. The fourth-order valence-corrected chi connectivity index (χ4v) is 2.05. The van der Waals surface area contributed by atoms with Gasteiger partial charge >= 0.3 is 0 Å². The maximum Gasteiger partial charge on any atom is 0.261 e. The summed E-state index contributed by atoms with van der Waals surface area (Å²) in [5.74, 6) is -1.30. The summed E-state index contributed by atoms with van der Waals surface area (Å²) >= 11 is 0. The lowest BCUT2D eigenvalue weighted by atomic mass is 10.1. The second kappa shape index (κ2) is 5.88. The van der Waals surface area contributed by atoms with Crippen molar-refractivity contribution in [3.63, 3.8) is 0 Å². The first-order valence-electron chi connectivity index (χ1n) is 5.68. The Balaban J connectivity index is 3.01. The van der Waals surface area contributed by atoms with E-state index in [0.717, 1.165) is 18.2 Å². The largest absolute Gasteiger partial charge is 0.349 e. The number of halogens is 2. The van der Waals surface area contributed by atoms with Gasteiger partial charge in [0.1, 0.15) is 5.82 Å². The van der Waals surface area contributed by atoms with Gasteiger partial charge in [-0.1, -0.05) is 13.8 Å². The maximum atomic E-state index is 13.7. The highest BCUT2D eigenvalue weighted by molar-refractivity contribution is 8.13. The number of carbonyl (C=O) groups excluding carboxylic acids is 1. The Morgan fingerprint density at radius 2 is 1.89 bits per heavy atom. The number of nitrogens with one attached hydrogen (secondary N) is 1. The number of amides is 1. The fraction of sp³-hybridized carbons (Fsp3) is 0.417. The molecule has 0 bridgehead atoms. The zero-order valence-electron chi connectivity index (χ0n) is 10.8. The summed E-state index contributed by atoms with van der Waals surface area (Å²) in [7, 11) is 1.09. The average Bonchev–Trinajstić information content (AvgIpc) is 2.27. The predicted octanol–water partition coefficient (Wildman–Crippen LogP) is 2.53. The highest BCUT2D eigenvalue weighted by Crippen LogP contribution is 2.18. The van der Waals surface area contributed by atoms with E-state index in [0.29, 0.717) is 0 Å². The topological polar surface area (TPSA) is 63.2 Å². The molecule has 1 N–H and O–H groups in total. The third kappa shape index (κ3) is 4.18. The van der Waals surface area contributed by atoms with Crippen LogP contribution in [0.4, 0.5) is 4.39 Å². The van der Waals surface area contributed by atoms with Crippen LogP contribution in [0.3, 0.4) is 0 Å². The molecule has 0 aromatic heterocycles. The van der Waals surface area contributed by atoms with Crippen LogP contribution in [0.5, 0.6) is 0 Å². The highest BCUT2D eigenvalue weighted by atomic mass is 35.7. The molecule has 0 aliphatic rings. The molecule has 0 saturated heterocycles. The molecule has 1 amide bonds. The van der Waals surface area contributed by atoms with Crippen LogP contribution in [0.25, 0.3) is 0 Å². The van der Waals surface area contributed by atoms with E-state index in [9.17, 15) is 17.6 Å². The van der Waals surface area contributed by atoms with Crippen molar-refractivity contribution in [2.45, 2.75) is 31.7 Å². The van der Waals surface area contributed by atoms with Gasteiger partial charge in [-0.2, -0.15) is 0 Å². The Morgan fingerprint density at radius 1 is 1.32 bits per heavy atom. The van der Waals surface area contributed by atoms with E-state index in [-0.39, 0.29) is 22.4 Å². The summed E-state index contributed by atoms with van der Waals surface area (Å²) in [6.07, 6.45) is 0. The van der Waals surface area contributed by atoms with Gasteiger partial charge in [-0.3, -0.25) is 4.79 Å². The van der Waals surface area contributed by atoms with Crippen LogP contribution in [0.15, 0.2) is 23.1 Å². The summed E-state index contributed by atoms with van der Waals surface area (Å²) in [5.41, 5.74) is -0.212. The maximum absolute atomic E-state index is 13.7. The van der Waals surface area contributed by atoms with Gasteiger partial charge in [-0.05, 0) is 31.0 Å². The van der Waals surface area contributed by atoms with Crippen LogP contribution in [-0.2, 0) is 9.05 Å². The Kier molecular flexibility index (Phi) is 4.92. The van der Waals surface area contributed by atoms with Gasteiger partial charge in [0.15, 0.2) is 0 Å². The summed E-state index contributed by atoms with van der Waals surface area (Å²) in [6.45, 7) is 5.65. The van der Waals surface area contributed by atoms with Crippen molar-refractivity contribution in [1.82, 2.24) is 5.32 Å². The first kappa shape index (κ1) is 15.9. The molecule has 1 rings (SSSR count). The average molecular weight is 308 g/mol. The molecule has 1 aromatic carbocycles. The Labute approximate surface area is 116 Å². The molecule has 4 nitrogen and oxygen atoms in total. The van der Waals surface area contributed by atoms with Crippen molar-refractivity contribution in [1.29, 1.82) is 0 Å². The molecule has 0 radical (unpaired) electrons. The van der Waals surface area contributed by atoms with Gasteiger partial charge in [-0.15, -0.1) is 0 Å². The van der Waals surface area contributed by atoms with Crippen LogP contribution >= 0.6 is 10.7 Å². The van der Waals surface area contributed by atoms with Crippen molar-refractivity contribution in [3.05, 3.63) is 29.6 Å². The fourth-order valence-electron chi connectivity index (χ4n) is 1.28. The highest BCUT2D eigenvalue weighted by Gasteiger charge is 2.19. The quantitative estimate of drug-likeness (QED) is 0.869. The number of hydrogen-bond acceptors (Lipinski definition) is 3. The summed E-state index contributed by atoms with van der Waals surface area (Å²) in [4.78, 5) is 11.4. The lowest BCUT2D eigenvalue weighted by molar-refractivity contribution is 0.0926. The van der Waals surface area contributed by atoms with E-state index in [1.54, 1.807) is 6.92 Å². The number of carbonyl (C=O) groups is 1. The lowest BCUT2D eigenvalue weighted by Gasteiger charge is -2.17. The molecule has 19 heavy (non-hydrogen) atoms. The van der Waals surface area contributed by atoms with Crippen molar-refractivity contribution >= 4 is 25.6 Å². The van der Waals surface area contributed by atoms with Gasteiger partial charge in [0, 0.05) is 16.7 Å². The number of rotatable bonds is 4. The normalized spacial score (nSPS) is 13.4. The van der Waals surface area contributed by atoms with E-state index in [1.165, 1.54) is 0 Å². The van der Waals surface area contributed by atoms with Crippen LogP contribution < -0.4 is 5.32 Å². The minimum Gasteiger partial charge on any atom is -0.349 e. The molecule has 106 valence electrons. The Bertz CT molecular complexity index is 587. The minimum atomic E-state index is -4.00. The van der Waals surface area contributed by atoms with Gasteiger partial charge < -0.3 is 5.32 Å². The van der Waals surface area contributed by atoms with Gasteiger partial charge in [0.05, 0.1) is 10.5 Å². The minimum absolute atomic E-state index is 0.122. The molecular formula is C12H15ClFNO3S. The van der Waals surface area contributed by atoms with Crippen LogP contribution in [0.1, 0.15) is 31.1 Å². The second-order valence-electron chi connectivity index (χ2n) is 4.59. The summed E-state index contributed by atoms with van der Waals surface area (Å²) in [5, 5.41) is 2.63. The zero-order chi connectivity index (χ0) is 14.8. The summed E-state index contributed by atoms with van der Waals surface area (Å²) < 4.78 is 35.8. The molecule has 0 fully saturated rings. The molecule has 1 atom stereocenters. The number of benzene rings is 1. The van der Waals surface area contributed by atoms with Gasteiger partial charge in [0.2, 0.25) is 0 Å². The van der Waals surface area contributed by atoms with Crippen LogP contribution in [0.2, 0.25) is 0 Å². The molecule has 0 saturated carbocycles. The monoisotopic (exact) mass is 307 g/mol. The summed E-state index contributed by atoms with van der Waals surface area (Å²) in [6, 6.07) is 2.81. The predicted molar refractivity (Wildman–Crippen MR) is 71.2 cm³/mol. The molecule has 0 heterocycles. The first-order chi connectivity index (χ1) is 8.62. The van der Waals surface area contributed by atoms with Crippen LogP contribution in [-0.4, -0.2) is 20.4 Å². The molecule has 7 heteroatoms. The molecule has 0 aliphatic heterocycles. The molecule has 0 aliphatic carbocycles. The van der Waals surface area contributed by atoms with E-state index >= 15 is 0 Å². The second-order valence-corrected chi connectivity index (χ2v) is 7.15. The van der Waals surface area contributed by atoms with E-state index in [4.69, 9.17) is 10.7 Å². The number of hydrogen-bond donors (Lipinski definition) is 1. The standard InChI is InChI=1S/C12H15ClFNO3S/c1-7(2)8(3)15-12(16)10-5-4-9(6-11(10)14)19(13,17)18/h4-8H,1-3H3,(H,15,16). The van der Waals surface area contributed by atoms with Crippen molar-refractivity contribution in [3.8, 4) is 0 Å². The molecular weight excluding hydrogens is 293 g/mol. The first-order valence-corrected chi connectivity index (χ1v) is 7.99. The lowest BCUT2D eigenvalue weighted by Crippen LogP contribution is -2.36. The van der Waals surface area contributed by atoms with Gasteiger partial charge in [0.25, 0.3) is 15.0 Å². The zero-order valence-corrected chi connectivity index (χ0v) is 12.3. The van der Waals surface area contributed by atoms with Crippen LogP contribution in [0, 0.1) is 11.7 Å². The smallest absolute Gasteiger partial charge is 0.261 e. The third-order valence-electron chi connectivity index (χ3n) is 2.83. The van der Waals surface area contributed by atoms with Crippen molar-refractivity contribution < 1.29 is 17.6 Å². The van der Waals surface area contributed by atoms with Gasteiger partial charge in [-0.25, -0.2) is 12.8 Å². The Hall–Kier alpha value is -1.14. The SMILES string of the molecule is CC(C)C(C)NC(=O)c1ccc(S(=O)(=O)Cl)cc1F. The molecule has 1 unspecified atom stereocenters.